The SMILES string of the molecule is COc1cc([C@@H](N)CC(F)(F)F)ccc1C. The van der Waals surface area contributed by atoms with E-state index in [1.54, 1.807) is 18.2 Å². The quantitative estimate of drug-likeness (QED) is 0.871. The summed E-state index contributed by atoms with van der Waals surface area (Å²) in [5.41, 5.74) is 6.78. The molecular formula is C11H14F3NO. The third-order valence-electron chi connectivity index (χ3n) is 2.31. The number of ether oxygens (including phenoxy) is 1. The van der Waals surface area contributed by atoms with Gasteiger partial charge in [-0.05, 0) is 24.1 Å². The molecule has 0 aromatic heterocycles. The molecule has 1 rings (SSSR count). The Hall–Kier alpha value is -1.23. The van der Waals surface area contributed by atoms with Gasteiger partial charge < -0.3 is 10.5 Å². The summed E-state index contributed by atoms with van der Waals surface area (Å²) in [5.74, 6) is 0.551. The lowest BCUT2D eigenvalue weighted by Crippen LogP contribution is -2.20. The summed E-state index contributed by atoms with van der Waals surface area (Å²) < 4.78 is 41.5. The highest BCUT2D eigenvalue weighted by atomic mass is 19.4. The molecular weight excluding hydrogens is 219 g/mol. The maximum Gasteiger partial charge on any atom is 0.390 e. The normalized spacial score (nSPS) is 13.6. The summed E-state index contributed by atoms with van der Waals surface area (Å²) in [4.78, 5) is 0. The van der Waals surface area contributed by atoms with E-state index in [-0.39, 0.29) is 0 Å². The standard InChI is InChI=1S/C11H14F3NO/c1-7-3-4-8(5-10(7)16-2)9(15)6-11(12,13)14/h3-5,9H,6,15H2,1-2H3/t9-/m0/s1. The van der Waals surface area contributed by atoms with Crippen LogP contribution in [-0.2, 0) is 0 Å². The molecule has 0 radical (unpaired) electrons. The number of alkyl halides is 3. The van der Waals surface area contributed by atoms with Gasteiger partial charge in [0.15, 0.2) is 0 Å². The van der Waals surface area contributed by atoms with Crippen molar-refractivity contribution in [3.8, 4) is 5.75 Å². The maximum absolute atomic E-state index is 12.1. The van der Waals surface area contributed by atoms with Crippen molar-refractivity contribution in [1.29, 1.82) is 0 Å². The van der Waals surface area contributed by atoms with Crippen LogP contribution in [0.1, 0.15) is 23.6 Å². The van der Waals surface area contributed by atoms with Gasteiger partial charge in [0.25, 0.3) is 0 Å². The number of nitrogens with two attached hydrogens (primary N) is 1. The van der Waals surface area contributed by atoms with E-state index >= 15 is 0 Å². The number of rotatable bonds is 3. The third kappa shape index (κ3) is 3.41. The first-order chi connectivity index (χ1) is 7.33. The van der Waals surface area contributed by atoms with Crippen molar-refractivity contribution in [3.63, 3.8) is 0 Å². The molecule has 0 saturated carbocycles. The molecule has 0 aliphatic carbocycles. The van der Waals surface area contributed by atoms with Crippen LogP contribution in [0.2, 0.25) is 0 Å². The fourth-order valence-electron chi connectivity index (χ4n) is 1.43. The molecule has 0 bridgehead atoms. The highest BCUT2D eigenvalue weighted by Crippen LogP contribution is 2.30. The van der Waals surface area contributed by atoms with Crippen LogP contribution in [0, 0.1) is 6.92 Å². The average Bonchev–Trinajstić information content (AvgIpc) is 2.15. The summed E-state index contributed by atoms with van der Waals surface area (Å²) >= 11 is 0. The molecule has 0 saturated heterocycles. The topological polar surface area (TPSA) is 35.2 Å². The van der Waals surface area contributed by atoms with Gasteiger partial charge in [-0.2, -0.15) is 13.2 Å². The van der Waals surface area contributed by atoms with Crippen LogP contribution in [-0.4, -0.2) is 13.3 Å². The number of halogens is 3. The van der Waals surface area contributed by atoms with Crippen molar-refractivity contribution in [2.24, 2.45) is 5.73 Å². The molecule has 0 heterocycles. The highest BCUT2D eigenvalue weighted by molar-refractivity contribution is 5.37. The molecule has 2 N–H and O–H groups in total. The second-order valence-corrected chi connectivity index (χ2v) is 3.65. The largest absolute Gasteiger partial charge is 0.496 e. The maximum atomic E-state index is 12.1. The molecule has 1 aromatic carbocycles. The van der Waals surface area contributed by atoms with Gasteiger partial charge in [-0.3, -0.25) is 0 Å². The second-order valence-electron chi connectivity index (χ2n) is 3.65. The number of aryl methyl sites for hydroxylation is 1. The molecule has 2 nitrogen and oxygen atoms in total. The van der Waals surface area contributed by atoms with Gasteiger partial charge in [0.05, 0.1) is 13.5 Å². The van der Waals surface area contributed by atoms with E-state index in [1.165, 1.54) is 7.11 Å². The summed E-state index contributed by atoms with van der Waals surface area (Å²) in [6.07, 6.45) is -5.28. The van der Waals surface area contributed by atoms with Crippen molar-refractivity contribution >= 4 is 0 Å². The summed E-state index contributed by atoms with van der Waals surface area (Å²) in [6, 6.07) is 3.79. The Balaban J connectivity index is 2.88. The van der Waals surface area contributed by atoms with Crippen LogP contribution >= 0.6 is 0 Å². The zero-order valence-electron chi connectivity index (χ0n) is 9.14. The Morgan fingerprint density at radius 1 is 1.38 bits per heavy atom. The molecule has 1 aromatic rings. The van der Waals surface area contributed by atoms with Crippen LogP contribution in [0.25, 0.3) is 0 Å². The Morgan fingerprint density at radius 3 is 2.50 bits per heavy atom. The molecule has 0 spiro atoms. The van der Waals surface area contributed by atoms with Gasteiger partial charge >= 0.3 is 6.18 Å². The van der Waals surface area contributed by atoms with Crippen LogP contribution in [0.4, 0.5) is 13.2 Å². The molecule has 16 heavy (non-hydrogen) atoms. The Kier molecular flexibility index (Phi) is 3.80. The van der Waals surface area contributed by atoms with E-state index in [0.717, 1.165) is 5.56 Å². The van der Waals surface area contributed by atoms with Crippen LogP contribution < -0.4 is 10.5 Å². The van der Waals surface area contributed by atoms with E-state index in [4.69, 9.17) is 10.5 Å². The van der Waals surface area contributed by atoms with Crippen LogP contribution in [0.3, 0.4) is 0 Å². The number of hydrogen-bond acceptors (Lipinski definition) is 2. The van der Waals surface area contributed by atoms with Crippen molar-refractivity contribution in [3.05, 3.63) is 29.3 Å². The molecule has 0 fully saturated rings. The summed E-state index contributed by atoms with van der Waals surface area (Å²) in [5, 5.41) is 0. The van der Waals surface area contributed by atoms with Crippen molar-refractivity contribution in [2.75, 3.05) is 7.11 Å². The van der Waals surface area contributed by atoms with Gasteiger partial charge in [-0.25, -0.2) is 0 Å². The van der Waals surface area contributed by atoms with Gasteiger partial charge in [-0.1, -0.05) is 12.1 Å². The number of benzene rings is 1. The van der Waals surface area contributed by atoms with Gasteiger partial charge in [0.2, 0.25) is 0 Å². The van der Waals surface area contributed by atoms with Gasteiger partial charge in [0.1, 0.15) is 5.75 Å². The molecule has 1 atom stereocenters. The van der Waals surface area contributed by atoms with E-state index in [9.17, 15) is 13.2 Å². The smallest absolute Gasteiger partial charge is 0.390 e. The summed E-state index contributed by atoms with van der Waals surface area (Å²) in [6.45, 7) is 1.82. The minimum Gasteiger partial charge on any atom is -0.496 e. The number of hydrogen-bond donors (Lipinski definition) is 1. The van der Waals surface area contributed by atoms with E-state index in [1.807, 2.05) is 6.92 Å². The zero-order chi connectivity index (χ0) is 12.3. The molecule has 0 aliphatic rings. The fourth-order valence-corrected chi connectivity index (χ4v) is 1.43. The predicted octanol–water partition coefficient (Wildman–Crippen LogP) is 2.96. The highest BCUT2D eigenvalue weighted by Gasteiger charge is 2.31. The summed E-state index contributed by atoms with van der Waals surface area (Å²) in [7, 11) is 1.47. The average molecular weight is 233 g/mol. The third-order valence-corrected chi connectivity index (χ3v) is 2.31. The van der Waals surface area contributed by atoms with Gasteiger partial charge in [-0.15, -0.1) is 0 Å². The fraction of sp³-hybridized carbons (Fsp3) is 0.455. The first-order valence-corrected chi connectivity index (χ1v) is 4.80. The lowest BCUT2D eigenvalue weighted by molar-refractivity contribution is -0.138. The molecule has 90 valence electrons. The molecule has 5 heteroatoms. The Bertz CT molecular complexity index is 363. The number of methoxy groups -OCH3 is 1. The lowest BCUT2D eigenvalue weighted by atomic mass is 10.0. The predicted molar refractivity (Wildman–Crippen MR) is 55.3 cm³/mol. The lowest BCUT2D eigenvalue weighted by Gasteiger charge is -2.16. The first kappa shape index (κ1) is 12.8. The monoisotopic (exact) mass is 233 g/mol. The Morgan fingerprint density at radius 2 is 2.00 bits per heavy atom. The Labute approximate surface area is 92.2 Å². The molecule has 0 aliphatic heterocycles. The van der Waals surface area contributed by atoms with Crippen molar-refractivity contribution in [1.82, 2.24) is 0 Å². The van der Waals surface area contributed by atoms with Crippen LogP contribution in [0.15, 0.2) is 18.2 Å². The van der Waals surface area contributed by atoms with Gasteiger partial charge in [0, 0.05) is 6.04 Å². The van der Waals surface area contributed by atoms with E-state index < -0.39 is 18.6 Å². The minimum absolute atomic E-state index is 0.430. The minimum atomic E-state index is -4.25. The van der Waals surface area contributed by atoms with E-state index in [0.29, 0.717) is 11.3 Å². The van der Waals surface area contributed by atoms with Crippen molar-refractivity contribution < 1.29 is 17.9 Å². The second kappa shape index (κ2) is 4.74. The van der Waals surface area contributed by atoms with Crippen LogP contribution in [0.5, 0.6) is 5.75 Å². The van der Waals surface area contributed by atoms with Crippen molar-refractivity contribution in [2.45, 2.75) is 25.6 Å². The molecule has 0 unspecified atom stereocenters. The zero-order valence-corrected chi connectivity index (χ0v) is 9.14. The first-order valence-electron chi connectivity index (χ1n) is 4.80. The molecule has 0 amide bonds. The van der Waals surface area contributed by atoms with E-state index in [2.05, 4.69) is 0 Å².